The number of morpholine rings is 1. The van der Waals surface area contributed by atoms with Crippen molar-refractivity contribution in [2.24, 2.45) is 7.05 Å². The molecule has 1 N–H and O–H groups in total. The van der Waals surface area contributed by atoms with Crippen molar-refractivity contribution in [3.8, 4) is 0 Å². The predicted octanol–water partition coefficient (Wildman–Crippen LogP) is 3.08. The van der Waals surface area contributed by atoms with Crippen LogP contribution >= 0.6 is 11.8 Å². The molecule has 2 saturated heterocycles. The molecule has 0 spiro atoms. The summed E-state index contributed by atoms with van der Waals surface area (Å²) >= 11 is 1.64. The highest BCUT2D eigenvalue weighted by Gasteiger charge is 2.32. The fourth-order valence-electron chi connectivity index (χ4n) is 3.66. The highest BCUT2D eigenvalue weighted by atomic mass is 32.2. The third kappa shape index (κ3) is 4.91. The lowest BCUT2D eigenvalue weighted by atomic mass is 10.1. The number of hydrogen-bond acceptors (Lipinski definition) is 6. The summed E-state index contributed by atoms with van der Waals surface area (Å²) in [4.78, 5) is 14.6. The van der Waals surface area contributed by atoms with Crippen LogP contribution in [-0.2, 0) is 16.5 Å². The highest BCUT2D eigenvalue weighted by molar-refractivity contribution is 7.99. The van der Waals surface area contributed by atoms with Gasteiger partial charge in [0.15, 0.2) is 5.16 Å². The number of aromatic nitrogens is 3. The molecule has 2 aliphatic heterocycles. The van der Waals surface area contributed by atoms with Crippen LogP contribution in [0.1, 0.15) is 30.6 Å². The number of urea groups is 1. The van der Waals surface area contributed by atoms with Crippen molar-refractivity contribution in [1.82, 2.24) is 19.7 Å². The second-order valence-electron chi connectivity index (χ2n) is 7.45. The molecule has 0 radical (unpaired) electrons. The number of rotatable bonds is 5. The van der Waals surface area contributed by atoms with Crippen molar-refractivity contribution in [2.75, 3.05) is 31.6 Å². The third-order valence-electron chi connectivity index (χ3n) is 5.32. The van der Waals surface area contributed by atoms with Gasteiger partial charge < -0.3 is 24.3 Å². The van der Waals surface area contributed by atoms with Gasteiger partial charge in [-0.1, -0.05) is 23.9 Å². The first-order valence-corrected chi connectivity index (χ1v) is 10.9. The third-order valence-corrected chi connectivity index (χ3v) is 6.53. The van der Waals surface area contributed by atoms with Crippen molar-refractivity contribution in [3.05, 3.63) is 36.2 Å². The van der Waals surface area contributed by atoms with Gasteiger partial charge in [-0.3, -0.25) is 0 Å². The van der Waals surface area contributed by atoms with Crippen LogP contribution in [-0.4, -0.2) is 64.2 Å². The van der Waals surface area contributed by atoms with E-state index in [1.54, 1.807) is 18.1 Å². The minimum absolute atomic E-state index is 0.0360. The number of benzene rings is 1. The number of carbonyl (C=O) groups excluding carboxylic acids is 1. The molecule has 2 amide bonds. The van der Waals surface area contributed by atoms with E-state index in [0.29, 0.717) is 19.7 Å². The van der Waals surface area contributed by atoms with Gasteiger partial charge in [0.25, 0.3) is 0 Å². The Morgan fingerprint density at radius 2 is 2.17 bits per heavy atom. The Morgan fingerprint density at radius 1 is 1.31 bits per heavy atom. The molecule has 0 bridgehead atoms. The zero-order chi connectivity index (χ0) is 20.2. The Labute approximate surface area is 175 Å². The molecule has 29 heavy (non-hydrogen) atoms. The van der Waals surface area contributed by atoms with Gasteiger partial charge in [-0.15, -0.1) is 10.2 Å². The van der Waals surface area contributed by atoms with E-state index in [2.05, 4.69) is 28.5 Å². The maximum atomic E-state index is 12.8. The van der Waals surface area contributed by atoms with Crippen LogP contribution in [0.2, 0.25) is 0 Å². The maximum Gasteiger partial charge on any atom is 0.322 e. The molecule has 3 atom stereocenters. The Morgan fingerprint density at radius 3 is 2.93 bits per heavy atom. The van der Waals surface area contributed by atoms with E-state index >= 15 is 0 Å². The fraction of sp³-hybridized carbons (Fsp3) is 0.550. The topological polar surface area (TPSA) is 81.5 Å². The second-order valence-corrected chi connectivity index (χ2v) is 8.75. The summed E-state index contributed by atoms with van der Waals surface area (Å²) in [6.45, 7) is 4.60. The van der Waals surface area contributed by atoms with Crippen molar-refractivity contribution in [1.29, 1.82) is 0 Å². The Bertz CT molecular complexity index is 839. The average Bonchev–Trinajstić information content (AvgIpc) is 3.41. The summed E-state index contributed by atoms with van der Waals surface area (Å²) in [7, 11) is 1.93. The van der Waals surface area contributed by atoms with Crippen molar-refractivity contribution in [3.63, 3.8) is 0 Å². The minimum atomic E-state index is -0.0953. The summed E-state index contributed by atoms with van der Waals surface area (Å²) in [5.41, 5.74) is 1.91. The number of thioether (sulfide) groups is 1. The van der Waals surface area contributed by atoms with Gasteiger partial charge in [0.05, 0.1) is 19.3 Å². The molecule has 1 aromatic carbocycles. The van der Waals surface area contributed by atoms with Gasteiger partial charge in [0, 0.05) is 31.1 Å². The maximum absolute atomic E-state index is 12.8. The van der Waals surface area contributed by atoms with E-state index in [9.17, 15) is 4.79 Å². The molecule has 2 aromatic rings. The quantitative estimate of drug-likeness (QED) is 0.753. The van der Waals surface area contributed by atoms with Crippen molar-refractivity contribution >= 4 is 23.5 Å². The first kappa shape index (κ1) is 20.2. The number of nitrogens with zero attached hydrogens (tertiary/aromatic N) is 4. The Balaban J connectivity index is 1.37. The monoisotopic (exact) mass is 417 g/mol. The molecule has 3 heterocycles. The second kappa shape index (κ2) is 9.15. The van der Waals surface area contributed by atoms with Crippen LogP contribution in [0.5, 0.6) is 0 Å². The largest absolute Gasteiger partial charge is 0.375 e. The number of anilines is 1. The van der Waals surface area contributed by atoms with E-state index in [4.69, 9.17) is 9.47 Å². The summed E-state index contributed by atoms with van der Waals surface area (Å²) in [5, 5.41) is 12.1. The molecule has 8 nitrogen and oxygen atoms in total. The number of ether oxygens (including phenoxy) is 2. The number of carbonyl (C=O) groups is 1. The molecule has 0 saturated carbocycles. The number of aryl methyl sites for hydroxylation is 1. The molecule has 0 aliphatic carbocycles. The lowest BCUT2D eigenvalue weighted by molar-refractivity contribution is -0.0839. The zero-order valence-corrected chi connectivity index (χ0v) is 17.6. The van der Waals surface area contributed by atoms with Crippen molar-refractivity contribution < 1.29 is 14.3 Å². The van der Waals surface area contributed by atoms with E-state index in [1.807, 2.05) is 34.7 Å². The van der Waals surface area contributed by atoms with Crippen LogP contribution in [0, 0.1) is 0 Å². The van der Waals surface area contributed by atoms with E-state index in [0.717, 1.165) is 35.9 Å². The highest BCUT2D eigenvalue weighted by Crippen LogP contribution is 2.34. The lowest BCUT2D eigenvalue weighted by Gasteiger charge is -2.35. The molecular formula is C20H27N5O3S. The molecule has 156 valence electrons. The zero-order valence-electron chi connectivity index (χ0n) is 16.8. The summed E-state index contributed by atoms with van der Waals surface area (Å²) in [5.74, 6) is 0. The Kier molecular flexibility index (Phi) is 6.37. The predicted molar refractivity (Wildman–Crippen MR) is 111 cm³/mol. The average molecular weight is 418 g/mol. The van der Waals surface area contributed by atoms with Crippen LogP contribution in [0.4, 0.5) is 10.5 Å². The molecule has 2 unspecified atom stereocenters. The standard InChI is InChI=1S/C20H27N5O3S/c1-14(29-20-23-21-13-24(20)2)15-5-3-6-16(11-15)22-19(26)25-8-10-28-18(12-25)17-7-4-9-27-17/h3,5-6,11,13-14,17-18H,4,7-10,12H2,1-2H3,(H,22,26)/t14-,17?,18?/m0/s1. The number of nitrogens with one attached hydrogen (secondary N) is 1. The summed E-state index contributed by atoms with van der Waals surface area (Å²) < 4.78 is 13.5. The smallest absolute Gasteiger partial charge is 0.322 e. The van der Waals surface area contributed by atoms with Gasteiger partial charge in [-0.2, -0.15) is 0 Å². The van der Waals surface area contributed by atoms with E-state index in [-0.39, 0.29) is 23.5 Å². The summed E-state index contributed by atoms with van der Waals surface area (Å²) in [6.07, 6.45) is 3.83. The molecule has 2 aliphatic rings. The van der Waals surface area contributed by atoms with Gasteiger partial charge in [-0.25, -0.2) is 4.79 Å². The molecular weight excluding hydrogens is 390 g/mol. The van der Waals surface area contributed by atoms with Crippen LogP contribution in [0.3, 0.4) is 0 Å². The molecule has 1 aromatic heterocycles. The van der Waals surface area contributed by atoms with Gasteiger partial charge in [-0.05, 0) is 37.5 Å². The molecule has 2 fully saturated rings. The lowest BCUT2D eigenvalue weighted by Crippen LogP contribution is -2.51. The minimum Gasteiger partial charge on any atom is -0.375 e. The van der Waals surface area contributed by atoms with Crippen LogP contribution in [0.15, 0.2) is 35.7 Å². The fourth-order valence-corrected chi connectivity index (χ4v) is 4.56. The SMILES string of the molecule is C[C@H](Sc1nncn1C)c1cccc(NC(=O)N2CCOC(C3CCCO3)C2)c1. The number of hydrogen-bond donors (Lipinski definition) is 1. The van der Waals surface area contributed by atoms with E-state index in [1.165, 1.54) is 0 Å². The normalized spacial score (nSPS) is 23.2. The van der Waals surface area contributed by atoms with Crippen LogP contribution < -0.4 is 5.32 Å². The summed E-state index contributed by atoms with van der Waals surface area (Å²) in [6, 6.07) is 7.87. The van der Waals surface area contributed by atoms with Gasteiger partial charge in [0.1, 0.15) is 12.4 Å². The number of amides is 2. The van der Waals surface area contributed by atoms with Gasteiger partial charge in [0.2, 0.25) is 0 Å². The first-order valence-electron chi connectivity index (χ1n) is 10.00. The van der Waals surface area contributed by atoms with Crippen LogP contribution in [0.25, 0.3) is 0 Å². The Hall–Kier alpha value is -2.10. The molecule has 9 heteroatoms. The van der Waals surface area contributed by atoms with Crippen molar-refractivity contribution in [2.45, 2.75) is 42.4 Å². The van der Waals surface area contributed by atoms with Gasteiger partial charge >= 0.3 is 6.03 Å². The molecule has 4 rings (SSSR count). The van der Waals surface area contributed by atoms with E-state index < -0.39 is 0 Å². The first-order chi connectivity index (χ1) is 14.1.